The van der Waals surface area contributed by atoms with Gasteiger partial charge in [-0.2, -0.15) is 10.1 Å². The van der Waals surface area contributed by atoms with Crippen LogP contribution in [-0.4, -0.2) is 92.9 Å². The van der Waals surface area contributed by atoms with Crippen molar-refractivity contribution in [2.45, 2.75) is 49.3 Å². The molecule has 6 heterocycles. The Morgan fingerprint density at radius 3 is 2.82 bits per heavy atom. The highest BCUT2D eigenvalue weighted by atomic mass is 32.7. The minimum Gasteiger partial charge on any atom is -0.394 e. The fourth-order valence-corrected chi connectivity index (χ4v) is 7.23. The van der Waals surface area contributed by atoms with Crippen molar-refractivity contribution >= 4 is 60.8 Å². The van der Waals surface area contributed by atoms with E-state index in [9.17, 15) is 24.2 Å². The Kier molecular flexibility index (Phi) is 8.67. The quantitative estimate of drug-likeness (QED) is 0.0927. The van der Waals surface area contributed by atoms with Gasteiger partial charge in [-0.3, -0.25) is 23.7 Å². The largest absolute Gasteiger partial charge is 0.582 e. The number of ether oxygens (including phenoxy) is 2. The number of imidazole rings is 2. The number of aliphatic hydroxyl groups excluding tert-OH is 1. The third-order valence-corrected chi connectivity index (χ3v) is 9.21. The van der Waals surface area contributed by atoms with Gasteiger partial charge in [0.15, 0.2) is 23.6 Å². The normalized spacial score (nSPS) is 29.0. The van der Waals surface area contributed by atoms with Gasteiger partial charge in [-0.25, -0.2) is 18.9 Å². The first kappa shape index (κ1) is 31.2. The topological polar surface area (TPSA) is 256 Å². The van der Waals surface area contributed by atoms with Crippen LogP contribution in [0.2, 0.25) is 0 Å². The van der Waals surface area contributed by atoms with Crippen LogP contribution in [0.4, 0.5) is 10.3 Å². The number of halogens is 1. The molecule has 0 radical (unpaired) electrons. The number of nitrogens with zero attached hydrogens (tertiary/aromatic N) is 6. The fraction of sp³-hybridized carbons (Fsp3) is 0.500. The van der Waals surface area contributed by atoms with Crippen LogP contribution in [0.3, 0.4) is 0 Å². The number of alkyl halides is 1. The van der Waals surface area contributed by atoms with Crippen molar-refractivity contribution in [3.63, 3.8) is 0 Å². The van der Waals surface area contributed by atoms with Crippen molar-refractivity contribution in [3.05, 3.63) is 45.3 Å². The minimum atomic E-state index is -4.29. The zero-order chi connectivity index (χ0) is 31.3. The molecule has 2 unspecified atom stereocenters. The van der Waals surface area contributed by atoms with Crippen LogP contribution in [0.1, 0.15) is 24.4 Å². The SMILES string of the molecule is Nc1nc2c(ncn2[C@@H]2O[C@H](CO)[C@@H](F)[C@H]2OP(O)(=S)OC[C@H]2O[C@@H](c3cnc4c(=O)[nH]cnn34)C[C@@H]2O[P+](=O)S)c(=O)[nH]1. The van der Waals surface area contributed by atoms with Crippen molar-refractivity contribution in [1.29, 1.82) is 0 Å². The highest BCUT2D eigenvalue weighted by molar-refractivity contribution is 8.39. The van der Waals surface area contributed by atoms with E-state index in [4.69, 9.17) is 40.6 Å². The van der Waals surface area contributed by atoms with Crippen LogP contribution in [0, 0.1) is 0 Å². The molecule has 0 aliphatic carbocycles. The number of aromatic amines is 2. The summed E-state index contributed by atoms with van der Waals surface area (Å²) in [5, 5.41) is 13.7. The van der Waals surface area contributed by atoms with E-state index >= 15 is 4.39 Å². The minimum absolute atomic E-state index is 0.0197. The lowest BCUT2D eigenvalue weighted by atomic mass is 10.1. The number of nitrogens with two attached hydrogens (primary N) is 1. The number of thiol groups is 1. The average molecular weight is 695 g/mol. The zero-order valence-electron chi connectivity index (χ0n) is 21.9. The van der Waals surface area contributed by atoms with Gasteiger partial charge in [0.25, 0.3) is 11.1 Å². The van der Waals surface area contributed by atoms with E-state index in [1.54, 1.807) is 0 Å². The number of aromatic nitrogens is 8. The molecule has 2 saturated heterocycles. The number of anilines is 1. The summed E-state index contributed by atoms with van der Waals surface area (Å²) in [6.45, 7) is -5.51. The molecule has 0 bridgehead atoms. The predicted octanol–water partition coefficient (Wildman–Crippen LogP) is -0.218. The van der Waals surface area contributed by atoms with E-state index in [1.807, 2.05) is 0 Å². The molecule has 44 heavy (non-hydrogen) atoms. The Bertz CT molecular complexity index is 1890. The van der Waals surface area contributed by atoms with Gasteiger partial charge in [-0.15, -0.1) is 4.52 Å². The van der Waals surface area contributed by atoms with E-state index in [2.05, 4.69) is 42.3 Å². The first-order valence-corrected chi connectivity index (χ1v) is 17.6. The number of nitrogens with one attached hydrogen (secondary N) is 2. The number of hydrogen-bond donors (Lipinski definition) is 6. The van der Waals surface area contributed by atoms with Crippen LogP contribution < -0.4 is 16.9 Å². The second-order valence-electron chi connectivity index (χ2n) is 9.62. The maximum atomic E-state index is 15.4. The highest BCUT2D eigenvalue weighted by Gasteiger charge is 2.50. The summed E-state index contributed by atoms with van der Waals surface area (Å²) in [5.74, 6) is -0.244. The lowest BCUT2D eigenvalue weighted by Gasteiger charge is -2.26. The van der Waals surface area contributed by atoms with Gasteiger partial charge in [0, 0.05) is 6.42 Å². The Morgan fingerprint density at radius 1 is 1.27 bits per heavy atom. The van der Waals surface area contributed by atoms with E-state index in [0.29, 0.717) is 5.69 Å². The number of nitrogen functional groups attached to an aromatic ring is 1. The van der Waals surface area contributed by atoms with Crippen LogP contribution in [0.5, 0.6) is 0 Å². The monoisotopic (exact) mass is 694 g/mol. The van der Waals surface area contributed by atoms with Crippen molar-refractivity contribution in [3.8, 4) is 0 Å². The first-order chi connectivity index (χ1) is 21.0. The van der Waals surface area contributed by atoms with Crippen LogP contribution in [0.15, 0.2) is 28.4 Å². The number of H-pyrrole nitrogens is 2. The summed E-state index contributed by atoms with van der Waals surface area (Å²) in [4.78, 5) is 52.0. The molecule has 19 nitrogen and oxygen atoms in total. The van der Waals surface area contributed by atoms with Crippen LogP contribution in [-0.2, 0) is 39.4 Å². The van der Waals surface area contributed by atoms with Gasteiger partial charge in [-0.05, 0) is 16.4 Å². The third kappa shape index (κ3) is 5.95. The summed E-state index contributed by atoms with van der Waals surface area (Å²) in [5.41, 5.74) is 4.72. The van der Waals surface area contributed by atoms with Crippen molar-refractivity contribution in [2.24, 2.45) is 0 Å². The zero-order valence-corrected chi connectivity index (χ0v) is 25.4. The van der Waals surface area contributed by atoms with E-state index in [0.717, 1.165) is 10.9 Å². The number of aliphatic hydroxyl groups is 1. The summed E-state index contributed by atoms with van der Waals surface area (Å²) in [6, 6.07) is 0. The molecule has 9 atom stereocenters. The molecule has 0 amide bonds. The second-order valence-corrected chi connectivity index (χ2v) is 14.1. The molecule has 0 saturated carbocycles. The highest BCUT2D eigenvalue weighted by Crippen LogP contribution is 2.51. The lowest BCUT2D eigenvalue weighted by Crippen LogP contribution is -2.32. The third-order valence-electron chi connectivity index (χ3n) is 6.92. The molecule has 2 aliphatic rings. The molecule has 4 aromatic rings. The number of rotatable bonds is 10. The van der Waals surface area contributed by atoms with E-state index in [1.165, 1.54) is 17.0 Å². The van der Waals surface area contributed by atoms with Crippen molar-refractivity contribution in [1.82, 2.24) is 39.1 Å². The Balaban J connectivity index is 1.21. The maximum absolute atomic E-state index is 15.4. The van der Waals surface area contributed by atoms with Gasteiger partial charge in [-0.1, -0.05) is 0 Å². The van der Waals surface area contributed by atoms with E-state index in [-0.39, 0.29) is 29.2 Å². The lowest BCUT2D eigenvalue weighted by molar-refractivity contribution is -0.0502. The summed E-state index contributed by atoms with van der Waals surface area (Å²) in [7, 11) is -2.40. The van der Waals surface area contributed by atoms with Crippen LogP contribution >= 0.6 is 26.2 Å². The predicted molar refractivity (Wildman–Crippen MR) is 153 cm³/mol. The molecule has 0 aromatic carbocycles. The van der Waals surface area contributed by atoms with Gasteiger partial charge < -0.3 is 34.7 Å². The number of hydrogen-bond acceptors (Lipinski definition) is 15. The van der Waals surface area contributed by atoms with Crippen LogP contribution in [0.25, 0.3) is 16.8 Å². The standard InChI is InChI=1S/C20H22FN9O10P2S2/c21-12-10(3-31)38-19(29-6-25-13-15(29)27-20(22)28-17(13)32)14(12)40-42(35,44)36-4-11-9(39-41(34)43)1-8(37-11)7-2-23-16-18(33)24-5-26-30(7)16/h2,5-6,8-12,14,19,31H,1,3-4H2,(H5-,22,24,26,27,28,32,33,34,35,43,44)/p+1/t8-,9+,10-,11-,12-,14-,19-,42?/m1/s1. The Hall–Kier alpha value is -2.75. The van der Waals surface area contributed by atoms with Gasteiger partial charge in [0.05, 0.1) is 31.4 Å². The molecule has 0 spiro atoms. The molecular weight excluding hydrogens is 671 g/mol. The molecule has 24 heteroatoms. The summed E-state index contributed by atoms with van der Waals surface area (Å²) in [6.07, 6.45) is -5.28. The number of fused-ring (bicyclic) bond motifs is 2. The molecular formula is C20H23FN9O10P2S2+. The Morgan fingerprint density at radius 2 is 2.07 bits per heavy atom. The molecule has 4 aromatic heterocycles. The van der Waals surface area contributed by atoms with Gasteiger partial charge >= 0.3 is 13.9 Å². The molecule has 2 aliphatic heterocycles. The Labute approximate surface area is 255 Å². The summed E-state index contributed by atoms with van der Waals surface area (Å²) >= 11 is 8.97. The average Bonchev–Trinajstić information content (AvgIpc) is 3.73. The summed E-state index contributed by atoms with van der Waals surface area (Å²) < 4.78 is 57.8. The van der Waals surface area contributed by atoms with Gasteiger partial charge in [0.1, 0.15) is 49.1 Å². The fourth-order valence-electron chi connectivity index (χ4n) is 5.00. The smallest absolute Gasteiger partial charge is 0.394 e. The molecule has 6 rings (SSSR count). The van der Waals surface area contributed by atoms with Gasteiger partial charge in [0.2, 0.25) is 11.6 Å². The van der Waals surface area contributed by atoms with E-state index < -0.39 is 81.2 Å². The van der Waals surface area contributed by atoms with Crippen molar-refractivity contribution in [2.75, 3.05) is 18.9 Å². The maximum Gasteiger partial charge on any atom is 0.582 e. The molecule has 2 fully saturated rings. The van der Waals surface area contributed by atoms with Crippen molar-refractivity contribution < 1.29 is 42.0 Å². The first-order valence-electron chi connectivity index (χ1n) is 12.6. The molecule has 6 N–H and O–H groups in total. The molecule has 236 valence electrons. The second kappa shape index (κ2) is 12.2.